The maximum atomic E-state index is 6.12. The summed E-state index contributed by atoms with van der Waals surface area (Å²) in [7, 11) is 0. The van der Waals surface area contributed by atoms with Gasteiger partial charge in [0.1, 0.15) is 17.8 Å². The van der Waals surface area contributed by atoms with Crippen LogP contribution in [0.15, 0.2) is 12.5 Å². The van der Waals surface area contributed by atoms with E-state index in [4.69, 9.17) is 5.73 Å². The van der Waals surface area contributed by atoms with Gasteiger partial charge in [0.05, 0.1) is 5.39 Å². The van der Waals surface area contributed by atoms with Gasteiger partial charge < -0.3 is 15.6 Å². The van der Waals surface area contributed by atoms with E-state index in [0.29, 0.717) is 11.9 Å². The van der Waals surface area contributed by atoms with E-state index in [0.717, 1.165) is 42.9 Å². The average Bonchev–Trinajstić information content (AvgIpc) is 3.01. The molecule has 1 saturated carbocycles. The van der Waals surface area contributed by atoms with Crippen LogP contribution in [-0.2, 0) is 6.42 Å². The maximum absolute atomic E-state index is 6.12. The zero-order chi connectivity index (χ0) is 13.5. The highest BCUT2D eigenvalue weighted by Gasteiger charge is 2.25. The second kappa shape index (κ2) is 4.74. The molecule has 2 aromatic rings. The molecule has 0 spiro atoms. The van der Waals surface area contributed by atoms with Gasteiger partial charge in [0.15, 0.2) is 0 Å². The van der Waals surface area contributed by atoms with Crippen molar-refractivity contribution in [1.82, 2.24) is 19.9 Å². The molecule has 2 fully saturated rings. The van der Waals surface area contributed by atoms with Crippen LogP contribution in [0.4, 0.5) is 5.82 Å². The zero-order valence-electron chi connectivity index (χ0n) is 11.7. The molecule has 5 nitrogen and oxygen atoms in total. The molecule has 20 heavy (non-hydrogen) atoms. The van der Waals surface area contributed by atoms with Crippen LogP contribution in [0, 0.1) is 5.92 Å². The Morgan fingerprint density at radius 1 is 1.30 bits per heavy atom. The van der Waals surface area contributed by atoms with Gasteiger partial charge in [0.2, 0.25) is 0 Å². The molecule has 1 atom stereocenters. The molecule has 3 heterocycles. The largest absolute Gasteiger partial charge is 0.383 e. The summed E-state index contributed by atoms with van der Waals surface area (Å²) < 4.78 is 2.32. The highest BCUT2D eigenvalue weighted by atomic mass is 15.1. The van der Waals surface area contributed by atoms with Crippen molar-refractivity contribution in [3.05, 3.63) is 18.1 Å². The Morgan fingerprint density at radius 3 is 2.90 bits per heavy atom. The molecule has 0 amide bonds. The van der Waals surface area contributed by atoms with Crippen LogP contribution in [0.2, 0.25) is 0 Å². The summed E-state index contributed by atoms with van der Waals surface area (Å²) in [6.07, 6.45) is 10.2. The van der Waals surface area contributed by atoms with Gasteiger partial charge in [-0.2, -0.15) is 0 Å². The SMILES string of the molecule is Nc1ncnc2c1c(CC1CCC1)cn2C1CCNC1. The van der Waals surface area contributed by atoms with Gasteiger partial charge in [-0.15, -0.1) is 0 Å². The van der Waals surface area contributed by atoms with E-state index in [9.17, 15) is 0 Å². The molecular formula is C15H21N5. The number of nitrogens with zero attached hydrogens (tertiary/aromatic N) is 3. The first-order valence-electron chi connectivity index (χ1n) is 7.63. The van der Waals surface area contributed by atoms with Gasteiger partial charge in [-0.25, -0.2) is 9.97 Å². The molecule has 2 aromatic heterocycles. The van der Waals surface area contributed by atoms with Crippen molar-refractivity contribution in [2.75, 3.05) is 18.8 Å². The number of nitrogen functional groups attached to an aromatic ring is 1. The van der Waals surface area contributed by atoms with Gasteiger partial charge in [-0.05, 0) is 30.9 Å². The van der Waals surface area contributed by atoms with Gasteiger partial charge in [-0.1, -0.05) is 19.3 Å². The van der Waals surface area contributed by atoms with Crippen molar-refractivity contribution in [2.24, 2.45) is 5.92 Å². The van der Waals surface area contributed by atoms with Gasteiger partial charge in [-0.3, -0.25) is 0 Å². The van der Waals surface area contributed by atoms with Crippen LogP contribution < -0.4 is 11.1 Å². The summed E-state index contributed by atoms with van der Waals surface area (Å²) in [5, 5.41) is 4.52. The Balaban J connectivity index is 1.80. The first-order valence-corrected chi connectivity index (χ1v) is 7.63. The average molecular weight is 271 g/mol. The van der Waals surface area contributed by atoms with Gasteiger partial charge in [0, 0.05) is 18.8 Å². The van der Waals surface area contributed by atoms with Crippen molar-refractivity contribution in [3.8, 4) is 0 Å². The van der Waals surface area contributed by atoms with Crippen LogP contribution in [0.5, 0.6) is 0 Å². The quantitative estimate of drug-likeness (QED) is 0.894. The van der Waals surface area contributed by atoms with Crippen molar-refractivity contribution < 1.29 is 0 Å². The highest BCUT2D eigenvalue weighted by Crippen LogP contribution is 2.35. The molecule has 0 aromatic carbocycles. The monoisotopic (exact) mass is 271 g/mol. The Hall–Kier alpha value is -1.62. The number of anilines is 1. The lowest BCUT2D eigenvalue weighted by Crippen LogP contribution is -2.14. The molecule has 4 rings (SSSR count). The number of hydrogen-bond donors (Lipinski definition) is 2. The lowest BCUT2D eigenvalue weighted by molar-refractivity contribution is 0.315. The van der Waals surface area contributed by atoms with E-state index in [1.54, 1.807) is 6.33 Å². The Kier molecular flexibility index (Phi) is 2.88. The highest BCUT2D eigenvalue weighted by molar-refractivity contribution is 5.90. The summed E-state index contributed by atoms with van der Waals surface area (Å²) >= 11 is 0. The number of fused-ring (bicyclic) bond motifs is 1. The lowest BCUT2D eigenvalue weighted by atomic mass is 9.81. The first kappa shape index (κ1) is 12.1. The minimum absolute atomic E-state index is 0.502. The first-order chi connectivity index (χ1) is 9.83. The van der Waals surface area contributed by atoms with Crippen molar-refractivity contribution in [3.63, 3.8) is 0 Å². The second-order valence-electron chi connectivity index (χ2n) is 6.17. The van der Waals surface area contributed by atoms with Crippen LogP contribution in [0.1, 0.15) is 37.3 Å². The Labute approximate surface area is 118 Å². The van der Waals surface area contributed by atoms with Crippen molar-refractivity contribution in [1.29, 1.82) is 0 Å². The molecular weight excluding hydrogens is 250 g/mol. The fourth-order valence-corrected chi connectivity index (χ4v) is 3.50. The van der Waals surface area contributed by atoms with Gasteiger partial charge >= 0.3 is 0 Å². The topological polar surface area (TPSA) is 68.8 Å². The van der Waals surface area contributed by atoms with Gasteiger partial charge in [0.25, 0.3) is 0 Å². The molecule has 106 valence electrons. The normalized spacial score (nSPS) is 23.3. The molecule has 1 aliphatic carbocycles. The predicted molar refractivity (Wildman–Crippen MR) is 79.5 cm³/mol. The minimum atomic E-state index is 0.502. The van der Waals surface area contributed by atoms with E-state index >= 15 is 0 Å². The smallest absolute Gasteiger partial charge is 0.146 e. The Bertz CT molecular complexity index is 622. The van der Waals surface area contributed by atoms with E-state index in [1.165, 1.54) is 24.8 Å². The summed E-state index contributed by atoms with van der Waals surface area (Å²) in [6.45, 7) is 2.11. The Morgan fingerprint density at radius 2 is 2.20 bits per heavy atom. The third-order valence-electron chi connectivity index (χ3n) is 4.88. The molecule has 1 saturated heterocycles. The third-order valence-corrected chi connectivity index (χ3v) is 4.88. The third kappa shape index (κ3) is 1.88. The van der Waals surface area contributed by atoms with Crippen molar-refractivity contribution >= 4 is 16.9 Å². The molecule has 3 N–H and O–H groups in total. The van der Waals surface area contributed by atoms with E-state index in [2.05, 4.69) is 26.0 Å². The number of nitrogens with two attached hydrogens (primary N) is 1. The molecule has 1 unspecified atom stereocenters. The summed E-state index contributed by atoms with van der Waals surface area (Å²) in [6, 6.07) is 0.502. The number of rotatable bonds is 3. The van der Waals surface area contributed by atoms with E-state index in [1.807, 2.05) is 0 Å². The standard InChI is InChI=1S/C15H21N5/c16-14-13-11(6-10-2-1-3-10)8-20(12-4-5-17-7-12)15(13)19-9-18-14/h8-10,12,17H,1-7H2,(H2,16,18,19). The van der Waals surface area contributed by atoms with Crippen LogP contribution in [0.3, 0.4) is 0 Å². The fraction of sp³-hybridized carbons (Fsp3) is 0.600. The van der Waals surface area contributed by atoms with Crippen LogP contribution in [-0.4, -0.2) is 27.6 Å². The van der Waals surface area contributed by atoms with Crippen LogP contribution >= 0.6 is 0 Å². The van der Waals surface area contributed by atoms with E-state index in [-0.39, 0.29) is 0 Å². The molecule has 0 bridgehead atoms. The second-order valence-corrected chi connectivity index (χ2v) is 6.17. The molecule has 0 radical (unpaired) electrons. The van der Waals surface area contributed by atoms with E-state index < -0.39 is 0 Å². The summed E-state index contributed by atoms with van der Waals surface area (Å²) in [5.41, 5.74) is 8.48. The van der Waals surface area contributed by atoms with Crippen LogP contribution in [0.25, 0.3) is 11.0 Å². The molecule has 2 aliphatic rings. The molecule has 5 heteroatoms. The predicted octanol–water partition coefficient (Wildman–Crippen LogP) is 1.89. The fourth-order valence-electron chi connectivity index (χ4n) is 3.50. The lowest BCUT2D eigenvalue weighted by Gasteiger charge is -2.24. The number of nitrogens with one attached hydrogen (secondary N) is 1. The summed E-state index contributed by atoms with van der Waals surface area (Å²) in [4.78, 5) is 8.70. The van der Waals surface area contributed by atoms with Crippen molar-refractivity contribution in [2.45, 2.75) is 38.1 Å². The summed E-state index contributed by atoms with van der Waals surface area (Å²) in [5.74, 6) is 1.46. The molecule has 1 aliphatic heterocycles. The minimum Gasteiger partial charge on any atom is -0.383 e. The maximum Gasteiger partial charge on any atom is 0.146 e. The zero-order valence-corrected chi connectivity index (χ0v) is 11.7. The number of aromatic nitrogens is 3. The number of hydrogen-bond acceptors (Lipinski definition) is 4.